The topological polar surface area (TPSA) is 48.8 Å². The Labute approximate surface area is 145 Å². The third-order valence-electron chi connectivity index (χ3n) is 5.43. The number of hydrogen-bond donors (Lipinski definition) is 1. The zero-order chi connectivity index (χ0) is 17.0. The summed E-state index contributed by atoms with van der Waals surface area (Å²) in [6.07, 6.45) is 4.98. The molecule has 1 N–H and O–H groups in total. The molecular weight excluding hydrogens is 302 g/mol. The molecule has 2 fully saturated rings. The predicted molar refractivity (Wildman–Crippen MR) is 96.6 cm³/mol. The van der Waals surface area contributed by atoms with Crippen molar-refractivity contribution in [2.75, 3.05) is 50.8 Å². The van der Waals surface area contributed by atoms with Gasteiger partial charge in [-0.05, 0) is 37.3 Å². The van der Waals surface area contributed by atoms with Crippen LogP contribution in [0.25, 0.3) is 0 Å². The average molecular weight is 333 g/mol. The molecule has 2 atom stereocenters. The van der Waals surface area contributed by atoms with Gasteiger partial charge >= 0.3 is 0 Å². The summed E-state index contributed by atoms with van der Waals surface area (Å²) in [6.45, 7) is 10.2. The Morgan fingerprint density at radius 1 is 1.29 bits per heavy atom. The molecule has 2 aliphatic rings. The van der Waals surface area contributed by atoms with E-state index in [1.807, 2.05) is 6.20 Å². The molecule has 0 aromatic carbocycles. The van der Waals surface area contributed by atoms with Gasteiger partial charge in [0.05, 0.1) is 30.7 Å². The Kier molecular flexibility index (Phi) is 5.74. The number of aliphatic hydroxyl groups is 1. The fourth-order valence-corrected chi connectivity index (χ4v) is 3.72. The van der Waals surface area contributed by atoms with Crippen molar-refractivity contribution in [1.82, 2.24) is 9.88 Å². The van der Waals surface area contributed by atoms with E-state index in [9.17, 15) is 5.11 Å². The molecule has 3 rings (SSSR count). The number of piperidine rings is 1. The van der Waals surface area contributed by atoms with Crippen molar-refractivity contribution in [3.05, 3.63) is 24.0 Å². The summed E-state index contributed by atoms with van der Waals surface area (Å²) >= 11 is 0. The van der Waals surface area contributed by atoms with Crippen LogP contribution in [-0.2, 0) is 4.74 Å². The third-order valence-corrected chi connectivity index (χ3v) is 5.43. The highest BCUT2D eigenvalue weighted by molar-refractivity contribution is 5.46. The van der Waals surface area contributed by atoms with E-state index in [1.165, 1.54) is 0 Å². The van der Waals surface area contributed by atoms with Gasteiger partial charge in [-0.15, -0.1) is 0 Å². The molecule has 3 heterocycles. The molecule has 2 aliphatic heterocycles. The van der Waals surface area contributed by atoms with Crippen LogP contribution in [0, 0.1) is 0 Å². The number of pyridine rings is 1. The van der Waals surface area contributed by atoms with Gasteiger partial charge in [0.1, 0.15) is 0 Å². The van der Waals surface area contributed by atoms with E-state index in [0.717, 1.165) is 70.0 Å². The highest BCUT2D eigenvalue weighted by Crippen LogP contribution is 2.28. The molecule has 24 heavy (non-hydrogen) atoms. The zero-order valence-electron chi connectivity index (χ0n) is 15.1. The number of β-amino-alcohol motifs (C(OH)–C–C–N with tert-alkyl or cyclic N) is 1. The van der Waals surface area contributed by atoms with Crippen LogP contribution in [0.3, 0.4) is 0 Å². The number of nitrogens with zero attached hydrogens (tertiary/aromatic N) is 3. The molecule has 5 nitrogen and oxygen atoms in total. The summed E-state index contributed by atoms with van der Waals surface area (Å²) in [5.41, 5.74) is 1.65. The van der Waals surface area contributed by atoms with Gasteiger partial charge in [0.2, 0.25) is 0 Å². The van der Waals surface area contributed by atoms with Crippen LogP contribution in [0.15, 0.2) is 18.3 Å². The fraction of sp³-hybridized carbons (Fsp3) is 0.737. The second-order valence-electron chi connectivity index (χ2n) is 7.39. The number of anilines is 1. The highest BCUT2D eigenvalue weighted by atomic mass is 16.5. The summed E-state index contributed by atoms with van der Waals surface area (Å²) in [4.78, 5) is 9.26. The molecule has 1 aromatic heterocycles. The second-order valence-corrected chi connectivity index (χ2v) is 7.39. The lowest BCUT2D eigenvalue weighted by molar-refractivity contribution is -0.0382. The predicted octanol–water partition coefficient (Wildman–Crippen LogP) is 2.26. The van der Waals surface area contributed by atoms with E-state index < -0.39 is 5.60 Å². The number of morpholine rings is 1. The maximum Gasteiger partial charge on any atom is 0.0948 e. The van der Waals surface area contributed by atoms with Crippen LogP contribution in [0.2, 0.25) is 0 Å². The van der Waals surface area contributed by atoms with E-state index in [2.05, 4.69) is 40.8 Å². The normalized spacial score (nSPS) is 27.2. The molecule has 5 heteroatoms. The maximum atomic E-state index is 11.1. The molecule has 0 amide bonds. The van der Waals surface area contributed by atoms with Gasteiger partial charge in [0.25, 0.3) is 0 Å². The lowest BCUT2D eigenvalue weighted by atomic mass is 9.91. The molecule has 0 saturated carbocycles. The van der Waals surface area contributed by atoms with Gasteiger partial charge < -0.3 is 14.7 Å². The molecule has 0 spiro atoms. The fourth-order valence-electron chi connectivity index (χ4n) is 3.72. The Hall–Kier alpha value is -1.17. The molecule has 0 aliphatic carbocycles. The number of aromatic nitrogens is 1. The minimum absolute atomic E-state index is 0.499. The van der Waals surface area contributed by atoms with Gasteiger partial charge in [-0.2, -0.15) is 0 Å². The molecular formula is C19H31N3O2. The van der Waals surface area contributed by atoms with Crippen LogP contribution < -0.4 is 4.90 Å². The standard InChI is InChI=1S/C19H31N3O2/c1-3-16(2)18-6-5-17(13-20-18)22-8-4-7-19(23,15-22)14-21-9-11-24-12-10-21/h5-6,13,16,23H,3-4,7-12,14-15H2,1-2H3. The van der Waals surface area contributed by atoms with Crippen LogP contribution in [0.1, 0.15) is 44.7 Å². The first-order valence-corrected chi connectivity index (χ1v) is 9.33. The van der Waals surface area contributed by atoms with E-state index in [4.69, 9.17) is 4.74 Å². The summed E-state index contributed by atoms with van der Waals surface area (Å²) < 4.78 is 5.41. The van der Waals surface area contributed by atoms with Crippen LogP contribution in [-0.4, -0.2) is 66.5 Å². The molecule has 1 aromatic rings. The molecule has 2 unspecified atom stereocenters. The summed E-state index contributed by atoms with van der Waals surface area (Å²) in [7, 11) is 0. The quantitative estimate of drug-likeness (QED) is 0.896. The first kappa shape index (κ1) is 17.6. The molecule has 0 bridgehead atoms. The Morgan fingerprint density at radius 3 is 2.75 bits per heavy atom. The van der Waals surface area contributed by atoms with Gasteiger partial charge in [-0.3, -0.25) is 9.88 Å². The van der Waals surface area contributed by atoms with Gasteiger partial charge in [0, 0.05) is 38.4 Å². The smallest absolute Gasteiger partial charge is 0.0948 e. The average Bonchev–Trinajstić information content (AvgIpc) is 2.61. The van der Waals surface area contributed by atoms with Crippen LogP contribution in [0.4, 0.5) is 5.69 Å². The minimum atomic E-state index is -0.634. The first-order chi connectivity index (χ1) is 11.6. The summed E-state index contributed by atoms with van der Waals surface area (Å²) in [5.74, 6) is 0.499. The van der Waals surface area contributed by atoms with Gasteiger partial charge in [0.15, 0.2) is 0 Å². The van der Waals surface area contributed by atoms with Crippen molar-refractivity contribution >= 4 is 5.69 Å². The van der Waals surface area contributed by atoms with E-state index in [1.54, 1.807) is 0 Å². The highest BCUT2D eigenvalue weighted by Gasteiger charge is 2.35. The van der Waals surface area contributed by atoms with Gasteiger partial charge in [-0.1, -0.05) is 13.8 Å². The molecule has 134 valence electrons. The van der Waals surface area contributed by atoms with Crippen molar-refractivity contribution in [3.8, 4) is 0 Å². The SMILES string of the molecule is CCC(C)c1ccc(N2CCCC(O)(CN3CCOCC3)C2)cn1. The molecule has 2 saturated heterocycles. The first-order valence-electron chi connectivity index (χ1n) is 9.33. The monoisotopic (exact) mass is 333 g/mol. The number of rotatable bonds is 5. The maximum absolute atomic E-state index is 11.1. The van der Waals surface area contributed by atoms with Crippen molar-refractivity contribution in [2.24, 2.45) is 0 Å². The lowest BCUT2D eigenvalue weighted by Gasteiger charge is -2.43. The van der Waals surface area contributed by atoms with Crippen molar-refractivity contribution < 1.29 is 9.84 Å². The van der Waals surface area contributed by atoms with Crippen LogP contribution in [0.5, 0.6) is 0 Å². The Bertz CT molecular complexity index is 516. The van der Waals surface area contributed by atoms with E-state index in [0.29, 0.717) is 12.5 Å². The largest absolute Gasteiger partial charge is 0.387 e. The van der Waals surface area contributed by atoms with E-state index in [-0.39, 0.29) is 0 Å². The lowest BCUT2D eigenvalue weighted by Crippen LogP contribution is -2.56. The van der Waals surface area contributed by atoms with Gasteiger partial charge in [-0.25, -0.2) is 0 Å². The summed E-state index contributed by atoms with van der Waals surface area (Å²) in [5, 5.41) is 11.1. The van der Waals surface area contributed by atoms with Crippen molar-refractivity contribution in [1.29, 1.82) is 0 Å². The zero-order valence-corrected chi connectivity index (χ0v) is 15.1. The Morgan fingerprint density at radius 2 is 2.08 bits per heavy atom. The number of hydrogen-bond acceptors (Lipinski definition) is 5. The minimum Gasteiger partial charge on any atom is -0.387 e. The van der Waals surface area contributed by atoms with Crippen molar-refractivity contribution in [3.63, 3.8) is 0 Å². The summed E-state index contributed by atoms with van der Waals surface area (Å²) in [6, 6.07) is 4.30. The second kappa shape index (κ2) is 7.81. The third kappa shape index (κ3) is 4.26. The van der Waals surface area contributed by atoms with E-state index >= 15 is 0 Å². The number of ether oxygens (including phenoxy) is 1. The van der Waals surface area contributed by atoms with Crippen LogP contribution >= 0.6 is 0 Å². The van der Waals surface area contributed by atoms with Crippen molar-refractivity contribution in [2.45, 2.75) is 44.6 Å². The Balaban J connectivity index is 1.63. The molecule has 0 radical (unpaired) electrons.